The van der Waals surface area contributed by atoms with Gasteiger partial charge in [0.15, 0.2) is 0 Å². The summed E-state index contributed by atoms with van der Waals surface area (Å²) < 4.78 is 3.17. The Balaban J connectivity index is 2.03. The second kappa shape index (κ2) is 5.38. The first-order valence-electron chi connectivity index (χ1n) is 6.65. The molecule has 0 fully saturated rings. The van der Waals surface area contributed by atoms with E-state index in [-0.39, 0.29) is 6.04 Å². The summed E-state index contributed by atoms with van der Waals surface area (Å²) in [6.07, 6.45) is 3.77. The highest BCUT2D eigenvalue weighted by Crippen LogP contribution is 2.25. The second-order valence-electron chi connectivity index (χ2n) is 4.80. The van der Waals surface area contributed by atoms with Crippen LogP contribution in [0.15, 0.2) is 53.3 Å². The zero-order chi connectivity index (χ0) is 14.1. The molecule has 0 saturated carbocycles. The molecule has 20 heavy (non-hydrogen) atoms. The van der Waals surface area contributed by atoms with Crippen molar-refractivity contribution in [1.29, 1.82) is 0 Å². The topological polar surface area (TPSA) is 43.8 Å². The summed E-state index contributed by atoms with van der Waals surface area (Å²) in [5, 5.41) is 2.39. The summed E-state index contributed by atoms with van der Waals surface area (Å²) in [4.78, 5) is 4.39. The van der Waals surface area contributed by atoms with Gasteiger partial charge in [-0.25, -0.2) is 4.98 Å². The van der Waals surface area contributed by atoms with Gasteiger partial charge in [0.1, 0.15) is 5.82 Å². The summed E-state index contributed by atoms with van der Waals surface area (Å²) in [5.74, 6) is 0.906. The molecule has 4 heteroatoms. The van der Waals surface area contributed by atoms with Crippen molar-refractivity contribution in [2.45, 2.75) is 19.5 Å². The monoisotopic (exact) mass is 329 g/mol. The number of aryl methyl sites for hydroxylation is 1. The molecule has 1 aromatic heterocycles. The summed E-state index contributed by atoms with van der Waals surface area (Å²) >= 11 is 3.49. The van der Waals surface area contributed by atoms with Gasteiger partial charge in [-0.05, 0) is 41.5 Å². The number of fused-ring (bicyclic) bond motifs is 1. The molecule has 1 heterocycles. The summed E-state index contributed by atoms with van der Waals surface area (Å²) in [6, 6.07) is 12.4. The average Bonchev–Trinajstić information content (AvgIpc) is 2.94. The second-order valence-corrected chi connectivity index (χ2v) is 5.72. The molecule has 3 aromatic rings. The molecule has 0 aliphatic rings. The van der Waals surface area contributed by atoms with E-state index in [9.17, 15) is 0 Å². The van der Waals surface area contributed by atoms with Gasteiger partial charge in [-0.2, -0.15) is 0 Å². The minimum Gasteiger partial charge on any atom is -0.334 e. The SMILES string of the molecule is CCn1ccnc1C(N)c1ccc2cc(Br)ccc2c1. The fourth-order valence-electron chi connectivity index (χ4n) is 2.44. The Morgan fingerprint density at radius 3 is 2.75 bits per heavy atom. The molecule has 2 N–H and O–H groups in total. The molecule has 0 saturated heterocycles. The van der Waals surface area contributed by atoms with Crippen LogP contribution in [0, 0.1) is 0 Å². The van der Waals surface area contributed by atoms with Gasteiger partial charge in [-0.1, -0.05) is 34.1 Å². The Kier molecular flexibility index (Phi) is 3.59. The fourth-order valence-corrected chi connectivity index (χ4v) is 2.82. The van der Waals surface area contributed by atoms with Gasteiger partial charge in [0, 0.05) is 23.4 Å². The molecule has 0 spiro atoms. The van der Waals surface area contributed by atoms with Crippen molar-refractivity contribution in [1.82, 2.24) is 9.55 Å². The summed E-state index contributed by atoms with van der Waals surface area (Å²) in [5.41, 5.74) is 7.45. The van der Waals surface area contributed by atoms with Gasteiger partial charge >= 0.3 is 0 Å². The summed E-state index contributed by atoms with van der Waals surface area (Å²) in [6.45, 7) is 2.97. The number of hydrogen-bond acceptors (Lipinski definition) is 2. The highest BCUT2D eigenvalue weighted by Gasteiger charge is 2.14. The lowest BCUT2D eigenvalue weighted by Crippen LogP contribution is -2.17. The van der Waals surface area contributed by atoms with Crippen LogP contribution < -0.4 is 5.73 Å². The molecule has 0 bridgehead atoms. The Bertz CT molecular complexity index is 748. The Morgan fingerprint density at radius 2 is 1.95 bits per heavy atom. The molecule has 0 aliphatic carbocycles. The smallest absolute Gasteiger partial charge is 0.130 e. The largest absolute Gasteiger partial charge is 0.334 e. The van der Waals surface area contributed by atoms with Crippen molar-refractivity contribution in [3.63, 3.8) is 0 Å². The van der Waals surface area contributed by atoms with Crippen LogP contribution >= 0.6 is 15.9 Å². The maximum absolute atomic E-state index is 6.37. The van der Waals surface area contributed by atoms with E-state index in [1.165, 1.54) is 10.8 Å². The lowest BCUT2D eigenvalue weighted by Gasteiger charge is -2.14. The van der Waals surface area contributed by atoms with Crippen LogP contribution in [0.4, 0.5) is 0 Å². The molecule has 1 unspecified atom stereocenters. The molecule has 2 aromatic carbocycles. The molecule has 0 aliphatic heterocycles. The minimum atomic E-state index is -0.196. The van der Waals surface area contributed by atoms with Crippen LogP contribution in [-0.4, -0.2) is 9.55 Å². The van der Waals surface area contributed by atoms with Crippen LogP contribution in [-0.2, 0) is 6.54 Å². The number of nitrogens with zero attached hydrogens (tertiary/aromatic N) is 2. The van der Waals surface area contributed by atoms with Crippen LogP contribution in [0.5, 0.6) is 0 Å². The third-order valence-corrected chi connectivity index (χ3v) is 4.05. The number of aromatic nitrogens is 2. The third-order valence-electron chi connectivity index (χ3n) is 3.55. The van der Waals surface area contributed by atoms with E-state index in [1.54, 1.807) is 6.20 Å². The molecule has 1 atom stereocenters. The predicted molar refractivity (Wildman–Crippen MR) is 85.6 cm³/mol. The molecule has 102 valence electrons. The van der Waals surface area contributed by atoms with Gasteiger partial charge in [-0.15, -0.1) is 0 Å². The molecular formula is C16H16BrN3. The zero-order valence-electron chi connectivity index (χ0n) is 11.3. The van der Waals surface area contributed by atoms with Crippen molar-refractivity contribution < 1.29 is 0 Å². The maximum Gasteiger partial charge on any atom is 0.130 e. The van der Waals surface area contributed by atoms with Crippen LogP contribution in [0.1, 0.15) is 24.4 Å². The zero-order valence-corrected chi connectivity index (χ0v) is 12.8. The van der Waals surface area contributed by atoms with E-state index < -0.39 is 0 Å². The predicted octanol–water partition coefficient (Wildman–Crippen LogP) is 3.87. The summed E-state index contributed by atoms with van der Waals surface area (Å²) in [7, 11) is 0. The van der Waals surface area contributed by atoms with E-state index >= 15 is 0 Å². The average molecular weight is 330 g/mol. The molecular weight excluding hydrogens is 314 g/mol. The van der Waals surface area contributed by atoms with Gasteiger partial charge in [0.05, 0.1) is 6.04 Å². The molecule has 0 amide bonds. The van der Waals surface area contributed by atoms with Gasteiger partial charge in [0.25, 0.3) is 0 Å². The molecule has 3 rings (SSSR count). The third kappa shape index (κ3) is 2.37. The van der Waals surface area contributed by atoms with E-state index in [0.717, 1.165) is 22.4 Å². The van der Waals surface area contributed by atoms with Crippen molar-refractivity contribution in [2.24, 2.45) is 5.73 Å². The number of imidazole rings is 1. The first-order valence-corrected chi connectivity index (χ1v) is 7.44. The minimum absolute atomic E-state index is 0.196. The van der Waals surface area contributed by atoms with E-state index in [4.69, 9.17) is 5.73 Å². The Labute approximate surface area is 126 Å². The number of halogens is 1. The standard InChI is InChI=1S/C16H16BrN3/c1-2-20-8-7-19-16(20)15(18)13-4-3-12-10-14(17)6-5-11(12)9-13/h3-10,15H,2,18H2,1H3. The fraction of sp³-hybridized carbons (Fsp3) is 0.188. The van der Waals surface area contributed by atoms with Crippen molar-refractivity contribution in [3.05, 3.63) is 64.7 Å². The van der Waals surface area contributed by atoms with E-state index in [0.29, 0.717) is 0 Å². The molecule has 0 radical (unpaired) electrons. The number of benzene rings is 2. The first-order chi connectivity index (χ1) is 9.69. The van der Waals surface area contributed by atoms with Crippen molar-refractivity contribution in [2.75, 3.05) is 0 Å². The van der Waals surface area contributed by atoms with Crippen molar-refractivity contribution in [3.8, 4) is 0 Å². The highest BCUT2D eigenvalue weighted by atomic mass is 79.9. The van der Waals surface area contributed by atoms with Crippen molar-refractivity contribution >= 4 is 26.7 Å². The number of rotatable bonds is 3. The quantitative estimate of drug-likeness (QED) is 0.792. The Morgan fingerprint density at radius 1 is 1.20 bits per heavy atom. The molecule has 3 nitrogen and oxygen atoms in total. The van der Waals surface area contributed by atoms with Crippen LogP contribution in [0.3, 0.4) is 0 Å². The van der Waals surface area contributed by atoms with Gasteiger partial charge in [-0.3, -0.25) is 0 Å². The van der Waals surface area contributed by atoms with E-state index in [2.05, 4.69) is 62.7 Å². The maximum atomic E-state index is 6.37. The first kappa shape index (κ1) is 13.3. The van der Waals surface area contributed by atoms with Crippen LogP contribution in [0.2, 0.25) is 0 Å². The van der Waals surface area contributed by atoms with Gasteiger partial charge < -0.3 is 10.3 Å². The number of hydrogen-bond donors (Lipinski definition) is 1. The Hall–Kier alpha value is -1.65. The lowest BCUT2D eigenvalue weighted by molar-refractivity contribution is 0.657. The highest BCUT2D eigenvalue weighted by molar-refractivity contribution is 9.10. The lowest BCUT2D eigenvalue weighted by atomic mass is 10.0. The normalized spacial score (nSPS) is 12.8. The van der Waals surface area contributed by atoms with E-state index in [1.807, 2.05) is 12.3 Å². The van der Waals surface area contributed by atoms with Gasteiger partial charge in [0.2, 0.25) is 0 Å². The van der Waals surface area contributed by atoms with Crippen LogP contribution in [0.25, 0.3) is 10.8 Å². The number of nitrogens with two attached hydrogens (primary N) is 1.